The van der Waals surface area contributed by atoms with Crippen molar-refractivity contribution in [2.75, 3.05) is 0 Å². The average Bonchev–Trinajstić information content (AvgIpc) is 2.53. The first-order chi connectivity index (χ1) is 11.4. The molecule has 2 aliphatic rings. The van der Waals surface area contributed by atoms with E-state index in [0.29, 0.717) is 0 Å². The molecule has 132 valence electrons. The zero-order chi connectivity index (χ0) is 19.3. The van der Waals surface area contributed by atoms with Gasteiger partial charge in [-0.15, -0.1) is 0 Å². The Kier molecular flexibility index (Phi) is 4.40. The van der Waals surface area contributed by atoms with Crippen LogP contribution in [-0.4, -0.2) is 44.6 Å². The number of aliphatic hydroxyl groups excluding tert-OH is 3. The molecular weight excluding hydrogens is 328 g/mol. The number of rotatable bonds is 3. The van der Waals surface area contributed by atoms with Crippen molar-refractivity contribution >= 4 is 23.1 Å². The molecule has 0 amide bonds. The SMILES string of the molecule is CC(=O)C1=CC(=O)C(=O)C(C)=C1C1(C)C(C(C)=O)=CC(O)=C(O)C1O. The van der Waals surface area contributed by atoms with Crippen LogP contribution < -0.4 is 0 Å². The Hall–Kier alpha value is -2.80. The van der Waals surface area contributed by atoms with Gasteiger partial charge in [-0.1, -0.05) is 0 Å². The highest BCUT2D eigenvalue weighted by Gasteiger charge is 2.51. The lowest BCUT2D eigenvalue weighted by molar-refractivity contribution is -0.132. The van der Waals surface area contributed by atoms with Crippen molar-refractivity contribution < 1.29 is 34.5 Å². The lowest BCUT2D eigenvalue weighted by Gasteiger charge is -2.42. The predicted octanol–water partition coefficient (Wildman–Crippen LogP) is 1.19. The van der Waals surface area contributed by atoms with Gasteiger partial charge in [0.2, 0.25) is 11.6 Å². The van der Waals surface area contributed by atoms with Crippen LogP contribution >= 0.6 is 0 Å². The molecule has 7 heteroatoms. The van der Waals surface area contributed by atoms with E-state index in [-0.39, 0.29) is 22.3 Å². The van der Waals surface area contributed by atoms with Crippen LogP contribution in [0.25, 0.3) is 0 Å². The number of Topliss-reactive ketones (excluding diaryl/α,β-unsaturated/α-hetero) is 3. The van der Waals surface area contributed by atoms with Gasteiger partial charge in [-0.05, 0) is 39.3 Å². The number of aliphatic hydroxyl groups is 3. The molecule has 0 spiro atoms. The van der Waals surface area contributed by atoms with E-state index in [4.69, 9.17) is 0 Å². The monoisotopic (exact) mass is 346 g/mol. The Morgan fingerprint density at radius 1 is 1.08 bits per heavy atom. The van der Waals surface area contributed by atoms with Crippen LogP contribution in [0.15, 0.2) is 46.0 Å². The Labute approximate surface area is 143 Å². The van der Waals surface area contributed by atoms with Gasteiger partial charge in [0.25, 0.3) is 0 Å². The minimum atomic E-state index is -1.79. The molecule has 0 aromatic rings. The smallest absolute Gasteiger partial charge is 0.228 e. The van der Waals surface area contributed by atoms with Gasteiger partial charge in [0, 0.05) is 22.8 Å². The Balaban J connectivity index is 2.88. The summed E-state index contributed by atoms with van der Waals surface area (Å²) in [5.41, 5.74) is -2.03. The number of allylic oxidation sites excluding steroid dienone is 4. The van der Waals surface area contributed by atoms with Crippen molar-refractivity contribution in [1.82, 2.24) is 0 Å². The number of ketones is 4. The second-order valence-corrected chi connectivity index (χ2v) is 6.30. The number of carbonyl (C=O) groups is 4. The highest BCUT2D eigenvalue weighted by Crippen LogP contribution is 2.49. The number of hydrogen-bond acceptors (Lipinski definition) is 7. The molecule has 2 unspecified atom stereocenters. The zero-order valence-corrected chi connectivity index (χ0v) is 14.2. The summed E-state index contributed by atoms with van der Waals surface area (Å²) in [5, 5.41) is 30.3. The number of hydrogen-bond donors (Lipinski definition) is 3. The van der Waals surface area contributed by atoms with E-state index in [0.717, 1.165) is 12.2 Å². The third-order valence-electron chi connectivity index (χ3n) is 4.67. The molecule has 0 aromatic heterocycles. The fourth-order valence-electron chi connectivity index (χ4n) is 3.38. The van der Waals surface area contributed by atoms with E-state index in [9.17, 15) is 34.5 Å². The van der Waals surface area contributed by atoms with E-state index in [1.807, 2.05) is 0 Å². The maximum atomic E-state index is 12.1. The van der Waals surface area contributed by atoms with Gasteiger partial charge in [-0.3, -0.25) is 19.2 Å². The van der Waals surface area contributed by atoms with Crippen molar-refractivity contribution in [2.45, 2.75) is 33.8 Å². The molecule has 2 rings (SSSR count). The molecule has 0 aliphatic heterocycles. The molecule has 2 aliphatic carbocycles. The average molecular weight is 346 g/mol. The van der Waals surface area contributed by atoms with Crippen molar-refractivity contribution in [1.29, 1.82) is 0 Å². The van der Waals surface area contributed by atoms with Crippen molar-refractivity contribution in [3.8, 4) is 0 Å². The van der Waals surface area contributed by atoms with Crippen LogP contribution in [-0.2, 0) is 19.2 Å². The summed E-state index contributed by atoms with van der Waals surface area (Å²) in [4.78, 5) is 48.1. The summed E-state index contributed by atoms with van der Waals surface area (Å²) in [6.45, 7) is 5.06. The molecule has 0 radical (unpaired) electrons. The van der Waals surface area contributed by atoms with Gasteiger partial charge < -0.3 is 15.3 Å². The maximum Gasteiger partial charge on any atom is 0.228 e. The molecule has 0 aromatic carbocycles. The minimum Gasteiger partial charge on any atom is -0.506 e. The molecule has 2 atom stereocenters. The molecular formula is C18H18O7. The van der Waals surface area contributed by atoms with Gasteiger partial charge >= 0.3 is 0 Å². The van der Waals surface area contributed by atoms with Crippen molar-refractivity contribution in [2.24, 2.45) is 5.41 Å². The molecule has 0 saturated carbocycles. The van der Waals surface area contributed by atoms with Crippen LogP contribution in [0.2, 0.25) is 0 Å². The maximum absolute atomic E-state index is 12.1. The summed E-state index contributed by atoms with van der Waals surface area (Å²) < 4.78 is 0. The van der Waals surface area contributed by atoms with Gasteiger partial charge in [0.1, 0.15) is 6.10 Å². The molecule has 0 saturated heterocycles. The van der Waals surface area contributed by atoms with Gasteiger partial charge in [0.15, 0.2) is 23.1 Å². The standard InChI is InChI=1S/C18H18O7/c1-7-14(10(8(2)19)5-12(21)15(7)23)18(4)11(9(3)20)6-13(22)16(24)17(18)25/h5-6,17,22,24-25H,1-4H3. The Morgan fingerprint density at radius 3 is 2.12 bits per heavy atom. The normalized spacial score (nSPS) is 27.3. The van der Waals surface area contributed by atoms with Gasteiger partial charge in [-0.25, -0.2) is 0 Å². The second-order valence-electron chi connectivity index (χ2n) is 6.30. The first-order valence-electron chi connectivity index (χ1n) is 7.50. The lowest BCUT2D eigenvalue weighted by atomic mass is 9.62. The molecule has 3 N–H and O–H groups in total. The quantitative estimate of drug-likeness (QED) is 0.517. The number of carbonyl (C=O) groups excluding carboxylic acids is 4. The zero-order valence-electron chi connectivity index (χ0n) is 14.2. The van der Waals surface area contributed by atoms with E-state index in [1.165, 1.54) is 27.7 Å². The summed E-state index contributed by atoms with van der Waals surface area (Å²) in [6, 6.07) is 0. The van der Waals surface area contributed by atoms with E-state index < -0.39 is 46.2 Å². The highest BCUT2D eigenvalue weighted by molar-refractivity contribution is 6.49. The van der Waals surface area contributed by atoms with Gasteiger partial charge in [-0.2, -0.15) is 0 Å². The van der Waals surface area contributed by atoms with Crippen LogP contribution in [0, 0.1) is 5.41 Å². The van der Waals surface area contributed by atoms with Crippen LogP contribution in [0.4, 0.5) is 0 Å². The van der Waals surface area contributed by atoms with Crippen LogP contribution in [0.1, 0.15) is 27.7 Å². The predicted molar refractivity (Wildman–Crippen MR) is 86.6 cm³/mol. The molecule has 0 bridgehead atoms. The van der Waals surface area contributed by atoms with E-state index in [2.05, 4.69) is 0 Å². The molecule has 0 heterocycles. The lowest BCUT2D eigenvalue weighted by Crippen LogP contribution is -2.45. The van der Waals surface area contributed by atoms with Gasteiger partial charge in [0.05, 0.1) is 5.41 Å². The van der Waals surface area contributed by atoms with Crippen LogP contribution in [0.3, 0.4) is 0 Å². The largest absolute Gasteiger partial charge is 0.506 e. The van der Waals surface area contributed by atoms with Crippen molar-refractivity contribution in [3.05, 3.63) is 46.0 Å². The first kappa shape index (κ1) is 18.5. The first-order valence-corrected chi connectivity index (χ1v) is 7.50. The third kappa shape index (κ3) is 2.56. The third-order valence-corrected chi connectivity index (χ3v) is 4.67. The van der Waals surface area contributed by atoms with E-state index >= 15 is 0 Å². The Bertz CT molecular complexity index is 851. The fraction of sp³-hybridized carbons (Fsp3) is 0.333. The molecule has 7 nitrogen and oxygen atoms in total. The fourth-order valence-corrected chi connectivity index (χ4v) is 3.38. The summed E-state index contributed by atoms with van der Waals surface area (Å²) in [6.07, 6.45) is 0.0754. The summed E-state index contributed by atoms with van der Waals surface area (Å²) >= 11 is 0. The highest BCUT2D eigenvalue weighted by atomic mass is 16.3. The van der Waals surface area contributed by atoms with E-state index in [1.54, 1.807) is 0 Å². The van der Waals surface area contributed by atoms with Crippen LogP contribution in [0.5, 0.6) is 0 Å². The molecule has 25 heavy (non-hydrogen) atoms. The van der Waals surface area contributed by atoms with Crippen molar-refractivity contribution in [3.63, 3.8) is 0 Å². The second kappa shape index (κ2) is 5.93. The minimum absolute atomic E-state index is 0.0161. The summed E-state index contributed by atoms with van der Waals surface area (Å²) in [5.74, 6) is -4.29. The molecule has 0 fully saturated rings. The summed E-state index contributed by atoms with van der Waals surface area (Å²) in [7, 11) is 0. The Morgan fingerprint density at radius 2 is 1.64 bits per heavy atom. The topological polar surface area (TPSA) is 129 Å².